The summed E-state index contributed by atoms with van der Waals surface area (Å²) in [7, 11) is 1.36. The summed E-state index contributed by atoms with van der Waals surface area (Å²) in [6.45, 7) is 1.29. The van der Waals surface area contributed by atoms with E-state index in [1.165, 1.54) is 14.0 Å². The quantitative estimate of drug-likeness (QED) is 0.472. The Balaban J connectivity index is 2.54. The van der Waals surface area contributed by atoms with Crippen LogP contribution in [0.25, 0.3) is 0 Å². The van der Waals surface area contributed by atoms with Crippen LogP contribution in [0.3, 0.4) is 0 Å². The van der Waals surface area contributed by atoms with Crippen LogP contribution in [0.1, 0.15) is 19.8 Å². The maximum absolute atomic E-state index is 11.3. The summed E-state index contributed by atoms with van der Waals surface area (Å²) in [5.74, 6) is -1.56. The van der Waals surface area contributed by atoms with Gasteiger partial charge in [0, 0.05) is 7.05 Å². The standard InChI is InChI=1S/C9H12N2O4/c1-5(12)3-7(13)10-6-4-8(14)11(2)9(6)15/h6H,3-4H2,1-2H3,(H,10,13). The summed E-state index contributed by atoms with van der Waals surface area (Å²) >= 11 is 0. The molecule has 1 aliphatic rings. The molecule has 15 heavy (non-hydrogen) atoms. The Morgan fingerprint density at radius 2 is 2.07 bits per heavy atom. The lowest BCUT2D eigenvalue weighted by atomic mass is 10.2. The van der Waals surface area contributed by atoms with Crippen molar-refractivity contribution >= 4 is 23.5 Å². The third-order valence-electron chi connectivity index (χ3n) is 2.13. The maximum Gasteiger partial charge on any atom is 0.252 e. The van der Waals surface area contributed by atoms with Crippen molar-refractivity contribution in [3.8, 4) is 0 Å². The van der Waals surface area contributed by atoms with Crippen molar-refractivity contribution in [3.05, 3.63) is 0 Å². The molecule has 6 heteroatoms. The van der Waals surface area contributed by atoms with Crippen molar-refractivity contribution in [2.45, 2.75) is 25.8 Å². The van der Waals surface area contributed by atoms with Gasteiger partial charge in [-0.3, -0.25) is 24.1 Å². The Bertz CT molecular complexity index is 337. The van der Waals surface area contributed by atoms with Gasteiger partial charge in [0.15, 0.2) is 0 Å². The molecule has 0 aromatic rings. The van der Waals surface area contributed by atoms with Gasteiger partial charge in [0.05, 0.1) is 12.8 Å². The molecule has 82 valence electrons. The summed E-state index contributed by atoms with van der Waals surface area (Å²) < 4.78 is 0. The zero-order chi connectivity index (χ0) is 11.6. The number of likely N-dealkylation sites (tertiary alicyclic amines) is 1. The van der Waals surface area contributed by atoms with Gasteiger partial charge in [0.2, 0.25) is 11.8 Å². The predicted octanol–water partition coefficient (Wildman–Crippen LogP) is -1.16. The highest BCUT2D eigenvalue weighted by molar-refractivity contribution is 6.07. The van der Waals surface area contributed by atoms with Gasteiger partial charge in [-0.2, -0.15) is 0 Å². The molecule has 1 heterocycles. The molecule has 1 N–H and O–H groups in total. The second kappa shape index (κ2) is 4.20. The molecule has 0 bridgehead atoms. The molecule has 1 fully saturated rings. The second-order valence-electron chi connectivity index (χ2n) is 3.49. The van der Waals surface area contributed by atoms with Gasteiger partial charge in [-0.1, -0.05) is 0 Å². The summed E-state index contributed by atoms with van der Waals surface area (Å²) in [5, 5.41) is 2.35. The number of nitrogens with zero attached hydrogens (tertiary/aromatic N) is 1. The number of rotatable bonds is 3. The first-order chi connectivity index (χ1) is 6.91. The van der Waals surface area contributed by atoms with E-state index in [-0.39, 0.29) is 24.5 Å². The number of likely N-dealkylation sites (N-methyl/N-ethyl adjacent to an activating group) is 1. The highest BCUT2D eigenvalue weighted by atomic mass is 16.2. The molecule has 1 saturated heterocycles. The van der Waals surface area contributed by atoms with Crippen LogP contribution in [-0.2, 0) is 19.2 Å². The van der Waals surface area contributed by atoms with E-state index < -0.39 is 17.9 Å². The lowest BCUT2D eigenvalue weighted by Crippen LogP contribution is -2.41. The second-order valence-corrected chi connectivity index (χ2v) is 3.49. The van der Waals surface area contributed by atoms with Gasteiger partial charge in [0.1, 0.15) is 11.8 Å². The van der Waals surface area contributed by atoms with Crippen LogP contribution < -0.4 is 5.32 Å². The van der Waals surface area contributed by atoms with Gasteiger partial charge in [-0.05, 0) is 6.92 Å². The number of Topliss-reactive ketones (excluding diaryl/α,β-unsaturated/α-hetero) is 1. The number of hydrogen-bond donors (Lipinski definition) is 1. The Morgan fingerprint density at radius 3 is 2.47 bits per heavy atom. The lowest BCUT2D eigenvalue weighted by Gasteiger charge is -2.09. The van der Waals surface area contributed by atoms with Crippen LogP contribution in [-0.4, -0.2) is 41.5 Å². The van der Waals surface area contributed by atoms with Gasteiger partial charge in [0.25, 0.3) is 5.91 Å². The molecule has 0 saturated carbocycles. The molecule has 3 amide bonds. The molecule has 0 aromatic heterocycles. The Labute approximate surface area is 86.6 Å². The molecule has 1 aliphatic heterocycles. The van der Waals surface area contributed by atoms with E-state index in [0.717, 1.165) is 4.90 Å². The minimum Gasteiger partial charge on any atom is -0.343 e. The van der Waals surface area contributed by atoms with E-state index in [4.69, 9.17) is 0 Å². The molecular formula is C9H12N2O4. The molecular weight excluding hydrogens is 200 g/mol. The zero-order valence-electron chi connectivity index (χ0n) is 8.57. The van der Waals surface area contributed by atoms with Gasteiger partial charge in [-0.25, -0.2) is 0 Å². The van der Waals surface area contributed by atoms with E-state index in [1.54, 1.807) is 0 Å². The van der Waals surface area contributed by atoms with Crippen LogP contribution in [0.4, 0.5) is 0 Å². The number of nitrogens with one attached hydrogen (secondary N) is 1. The molecule has 0 spiro atoms. The van der Waals surface area contributed by atoms with E-state index in [0.29, 0.717) is 0 Å². The summed E-state index contributed by atoms with van der Waals surface area (Å²) in [6.07, 6.45) is -0.291. The van der Waals surface area contributed by atoms with Crippen LogP contribution in [0, 0.1) is 0 Å². The van der Waals surface area contributed by atoms with E-state index in [9.17, 15) is 19.2 Å². The number of carbonyl (C=O) groups is 4. The van der Waals surface area contributed by atoms with E-state index >= 15 is 0 Å². The average Bonchev–Trinajstić information content (AvgIpc) is 2.32. The molecule has 6 nitrogen and oxygen atoms in total. The SMILES string of the molecule is CC(=O)CC(=O)NC1CC(=O)N(C)C1=O. The van der Waals surface area contributed by atoms with Crippen LogP contribution in [0.15, 0.2) is 0 Å². The Morgan fingerprint density at radius 1 is 1.47 bits per heavy atom. The fourth-order valence-electron chi connectivity index (χ4n) is 1.34. The van der Waals surface area contributed by atoms with Crippen LogP contribution in [0.2, 0.25) is 0 Å². The van der Waals surface area contributed by atoms with Crippen molar-refractivity contribution in [2.24, 2.45) is 0 Å². The van der Waals surface area contributed by atoms with Crippen molar-refractivity contribution in [1.29, 1.82) is 0 Å². The fraction of sp³-hybridized carbons (Fsp3) is 0.556. The Kier molecular flexibility index (Phi) is 3.18. The third-order valence-corrected chi connectivity index (χ3v) is 2.13. The number of ketones is 1. The summed E-state index contributed by atoms with van der Waals surface area (Å²) in [4.78, 5) is 45.2. The highest BCUT2D eigenvalue weighted by Gasteiger charge is 2.36. The lowest BCUT2D eigenvalue weighted by molar-refractivity contribution is -0.138. The Hall–Kier alpha value is -1.72. The van der Waals surface area contributed by atoms with Crippen LogP contribution in [0.5, 0.6) is 0 Å². The minimum absolute atomic E-state index is 0.0288. The molecule has 0 aliphatic carbocycles. The first-order valence-electron chi connectivity index (χ1n) is 4.51. The van der Waals surface area contributed by atoms with Gasteiger partial charge in [-0.15, -0.1) is 0 Å². The molecule has 0 aromatic carbocycles. The smallest absolute Gasteiger partial charge is 0.252 e. The molecule has 0 radical (unpaired) electrons. The van der Waals surface area contributed by atoms with Gasteiger partial charge >= 0.3 is 0 Å². The van der Waals surface area contributed by atoms with Crippen molar-refractivity contribution < 1.29 is 19.2 Å². The summed E-state index contributed by atoms with van der Waals surface area (Å²) in [5.41, 5.74) is 0. The first kappa shape index (κ1) is 11.4. The fourth-order valence-corrected chi connectivity index (χ4v) is 1.34. The van der Waals surface area contributed by atoms with E-state index in [2.05, 4.69) is 5.32 Å². The summed E-state index contributed by atoms with van der Waals surface area (Å²) in [6, 6.07) is -0.811. The topological polar surface area (TPSA) is 83.6 Å². The first-order valence-corrected chi connectivity index (χ1v) is 4.51. The highest BCUT2D eigenvalue weighted by Crippen LogP contribution is 2.10. The number of amides is 3. The molecule has 1 rings (SSSR count). The van der Waals surface area contributed by atoms with Crippen molar-refractivity contribution in [1.82, 2.24) is 10.2 Å². The zero-order valence-corrected chi connectivity index (χ0v) is 8.57. The largest absolute Gasteiger partial charge is 0.343 e. The molecule has 1 atom stereocenters. The number of carbonyl (C=O) groups excluding carboxylic acids is 4. The predicted molar refractivity (Wildman–Crippen MR) is 49.6 cm³/mol. The van der Waals surface area contributed by atoms with Gasteiger partial charge < -0.3 is 5.32 Å². The molecule has 1 unspecified atom stereocenters. The van der Waals surface area contributed by atoms with Crippen LogP contribution >= 0.6 is 0 Å². The normalized spacial score (nSPS) is 20.7. The van der Waals surface area contributed by atoms with E-state index in [1.807, 2.05) is 0 Å². The number of imide groups is 1. The van der Waals surface area contributed by atoms with Crippen molar-refractivity contribution in [2.75, 3.05) is 7.05 Å². The number of hydrogen-bond acceptors (Lipinski definition) is 4. The monoisotopic (exact) mass is 212 g/mol. The average molecular weight is 212 g/mol. The third kappa shape index (κ3) is 2.61. The maximum atomic E-state index is 11.3. The van der Waals surface area contributed by atoms with Crippen molar-refractivity contribution in [3.63, 3.8) is 0 Å². The minimum atomic E-state index is -0.811.